The van der Waals surface area contributed by atoms with E-state index in [1.54, 1.807) is 0 Å². The quantitative estimate of drug-likeness (QED) is 0.886. The summed E-state index contributed by atoms with van der Waals surface area (Å²) in [5, 5.41) is 0. The molecule has 0 aliphatic heterocycles. The third-order valence-corrected chi connectivity index (χ3v) is 3.16. The Balaban J connectivity index is 2.06. The molecule has 1 aromatic carbocycles. The molecule has 19 heavy (non-hydrogen) atoms. The lowest BCUT2D eigenvalue weighted by Crippen LogP contribution is -2.01. The molecule has 0 atom stereocenters. The predicted molar refractivity (Wildman–Crippen MR) is 78.2 cm³/mol. The van der Waals surface area contributed by atoms with E-state index < -0.39 is 0 Å². The average molecular weight is 249 g/mol. The second-order valence-corrected chi connectivity index (χ2v) is 4.52. The van der Waals surface area contributed by atoms with Crippen molar-refractivity contribution in [3.63, 3.8) is 0 Å². The normalized spacial score (nSPS) is 14.2. The summed E-state index contributed by atoms with van der Waals surface area (Å²) < 4.78 is 0. The van der Waals surface area contributed by atoms with Crippen molar-refractivity contribution in [1.82, 2.24) is 9.97 Å². The van der Waals surface area contributed by atoms with Crippen molar-refractivity contribution in [3.05, 3.63) is 60.3 Å². The molecule has 1 heterocycles. The van der Waals surface area contributed by atoms with Crippen LogP contribution in [0.25, 0.3) is 16.8 Å². The summed E-state index contributed by atoms with van der Waals surface area (Å²) in [6.07, 6.45) is 8.38. The van der Waals surface area contributed by atoms with Crippen LogP contribution in [0.4, 0.5) is 5.95 Å². The molecule has 0 spiro atoms. The Morgan fingerprint density at radius 1 is 1.00 bits per heavy atom. The zero-order valence-corrected chi connectivity index (χ0v) is 10.6. The third-order valence-electron chi connectivity index (χ3n) is 3.16. The van der Waals surface area contributed by atoms with Gasteiger partial charge in [0.25, 0.3) is 0 Å². The van der Waals surface area contributed by atoms with E-state index in [0.29, 0.717) is 5.95 Å². The van der Waals surface area contributed by atoms with Gasteiger partial charge in [-0.15, -0.1) is 0 Å². The van der Waals surface area contributed by atoms with Gasteiger partial charge in [-0.25, -0.2) is 9.97 Å². The third kappa shape index (κ3) is 2.55. The Kier molecular flexibility index (Phi) is 3.11. The highest BCUT2D eigenvalue weighted by atomic mass is 15.0. The average Bonchev–Trinajstić information content (AvgIpc) is 2.48. The fraction of sp³-hybridized carbons (Fsp3) is 0.125. The number of hydrogen-bond acceptors (Lipinski definition) is 3. The Bertz CT molecular complexity index is 642. The van der Waals surface area contributed by atoms with Gasteiger partial charge >= 0.3 is 0 Å². The summed E-state index contributed by atoms with van der Waals surface area (Å²) in [5.41, 5.74) is 9.91. The summed E-state index contributed by atoms with van der Waals surface area (Å²) in [6, 6.07) is 12.0. The molecule has 1 aliphatic carbocycles. The highest BCUT2D eigenvalue weighted by Gasteiger charge is 2.09. The number of rotatable bonds is 2. The van der Waals surface area contributed by atoms with Crippen LogP contribution in [0, 0.1) is 0 Å². The number of aromatic nitrogens is 2. The van der Waals surface area contributed by atoms with Crippen molar-refractivity contribution >= 4 is 11.5 Å². The van der Waals surface area contributed by atoms with Crippen LogP contribution in [-0.2, 0) is 0 Å². The van der Waals surface area contributed by atoms with Gasteiger partial charge in [-0.3, -0.25) is 0 Å². The standard InChI is InChI=1S/C16H15N3/c17-16-18-14(12-7-3-1-4-8-12)11-15(19-16)13-9-5-2-6-10-13/h1-5,7-9,11H,6,10H2,(H2,17,18,19). The fourth-order valence-electron chi connectivity index (χ4n) is 2.20. The van der Waals surface area contributed by atoms with Gasteiger partial charge in [-0.1, -0.05) is 48.6 Å². The molecule has 3 nitrogen and oxygen atoms in total. The highest BCUT2D eigenvalue weighted by Crippen LogP contribution is 2.26. The zero-order valence-electron chi connectivity index (χ0n) is 10.6. The maximum atomic E-state index is 5.84. The smallest absolute Gasteiger partial charge is 0.221 e. The summed E-state index contributed by atoms with van der Waals surface area (Å²) >= 11 is 0. The van der Waals surface area contributed by atoms with E-state index in [4.69, 9.17) is 5.73 Å². The maximum absolute atomic E-state index is 5.84. The molecule has 0 amide bonds. The van der Waals surface area contributed by atoms with Gasteiger partial charge in [0.05, 0.1) is 11.4 Å². The highest BCUT2D eigenvalue weighted by molar-refractivity contribution is 5.71. The van der Waals surface area contributed by atoms with E-state index in [1.165, 1.54) is 5.57 Å². The molecule has 0 saturated carbocycles. The Morgan fingerprint density at radius 3 is 2.53 bits per heavy atom. The lowest BCUT2D eigenvalue weighted by Gasteiger charge is -2.10. The van der Waals surface area contributed by atoms with E-state index in [1.807, 2.05) is 36.4 Å². The van der Waals surface area contributed by atoms with E-state index in [9.17, 15) is 0 Å². The number of anilines is 1. The van der Waals surface area contributed by atoms with Gasteiger partial charge in [0.2, 0.25) is 5.95 Å². The van der Waals surface area contributed by atoms with Crippen molar-refractivity contribution in [2.75, 3.05) is 5.73 Å². The molecule has 0 fully saturated rings. The van der Waals surface area contributed by atoms with E-state index in [0.717, 1.165) is 29.8 Å². The fourth-order valence-corrected chi connectivity index (χ4v) is 2.20. The monoisotopic (exact) mass is 249 g/mol. The van der Waals surface area contributed by atoms with Crippen LogP contribution in [0.15, 0.2) is 54.6 Å². The van der Waals surface area contributed by atoms with Crippen LogP contribution in [-0.4, -0.2) is 9.97 Å². The number of nitrogen functional groups attached to an aromatic ring is 1. The first-order valence-electron chi connectivity index (χ1n) is 6.39. The Morgan fingerprint density at radius 2 is 1.79 bits per heavy atom. The largest absolute Gasteiger partial charge is 0.368 e. The molecule has 1 aromatic heterocycles. The van der Waals surface area contributed by atoms with Crippen molar-refractivity contribution in [2.24, 2.45) is 0 Å². The van der Waals surface area contributed by atoms with Crippen molar-refractivity contribution in [2.45, 2.75) is 12.8 Å². The van der Waals surface area contributed by atoms with Crippen LogP contribution in [0.1, 0.15) is 18.5 Å². The molecular weight excluding hydrogens is 234 g/mol. The molecule has 2 N–H and O–H groups in total. The summed E-state index contributed by atoms with van der Waals surface area (Å²) in [7, 11) is 0. The Labute approximate surface area is 112 Å². The predicted octanol–water partition coefficient (Wildman–Crippen LogP) is 3.46. The van der Waals surface area contributed by atoms with Crippen LogP contribution >= 0.6 is 0 Å². The number of allylic oxidation sites excluding steroid dienone is 4. The van der Waals surface area contributed by atoms with Gasteiger partial charge in [-0.05, 0) is 24.5 Å². The Hall–Kier alpha value is -2.42. The lowest BCUT2D eigenvalue weighted by atomic mass is 10.0. The van der Waals surface area contributed by atoms with Gasteiger partial charge in [-0.2, -0.15) is 0 Å². The van der Waals surface area contributed by atoms with Crippen LogP contribution in [0.5, 0.6) is 0 Å². The molecule has 0 bridgehead atoms. The second kappa shape index (κ2) is 5.06. The first-order valence-corrected chi connectivity index (χ1v) is 6.39. The van der Waals surface area contributed by atoms with Crippen LogP contribution in [0.2, 0.25) is 0 Å². The second-order valence-electron chi connectivity index (χ2n) is 4.52. The van der Waals surface area contributed by atoms with E-state index in [-0.39, 0.29) is 0 Å². The van der Waals surface area contributed by atoms with Gasteiger partial charge < -0.3 is 5.73 Å². The summed E-state index contributed by atoms with van der Waals surface area (Å²) in [4.78, 5) is 8.67. The number of benzene rings is 1. The molecule has 0 unspecified atom stereocenters. The number of nitrogens with zero attached hydrogens (tertiary/aromatic N) is 2. The first kappa shape index (κ1) is 11.7. The molecule has 0 saturated heterocycles. The first-order chi connectivity index (χ1) is 9.33. The summed E-state index contributed by atoms with van der Waals surface area (Å²) in [6.45, 7) is 0. The molecule has 0 radical (unpaired) electrons. The summed E-state index contributed by atoms with van der Waals surface area (Å²) in [5.74, 6) is 0.326. The topological polar surface area (TPSA) is 51.8 Å². The zero-order chi connectivity index (χ0) is 13.1. The van der Waals surface area contributed by atoms with E-state index in [2.05, 4.69) is 28.2 Å². The van der Waals surface area contributed by atoms with Gasteiger partial charge in [0.15, 0.2) is 0 Å². The minimum atomic E-state index is 0.326. The minimum absolute atomic E-state index is 0.326. The molecule has 3 heteroatoms. The lowest BCUT2D eigenvalue weighted by molar-refractivity contribution is 1.03. The molecule has 3 rings (SSSR count). The van der Waals surface area contributed by atoms with E-state index >= 15 is 0 Å². The molecule has 94 valence electrons. The number of nitrogens with two attached hydrogens (primary N) is 1. The van der Waals surface area contributed by atoms with Gasteiger partial charge in [0, 0.05) is 5.56 Å². The number of hydrogen-bond donors (Lipinski definition) is 1. The van der Waals surface area contributed by atoms with Crippen LogP contribution < -0.4 is 5.73 Å². The van der Waals surface area contributed by atoms with Crippen molar-refractivity contribution in [1.29, 1.82) is 0 Å². The molecule has 1 aliphatic rings. The van der Waals surface area contributed by atoms with Crippen LogP contribution in [0.3, 0.4) is 0 Å². The SMILES string of the molecule is Nc1nc(C2=CC=CCC2)cc(-c2ccccc2)n1. The minimum Gasteiger partial charge on any atom is -0.368 e. The van der Waals surface area contributed by atoms with Crippen molar-refractivity contribution < 1.29 is 0 Å². The molecular formula is C16H15N3. The maximum Gasteiger partial charge on any atom is 0.221 e. The van der Waals surface area contributed by atoms with Crippen molar-refractivity contribution in [3.8, 4) is 11.3 Å². The van der Waals surface area contributed by atoms with Gasteiger partial charge in [0.1, 0.15) is 0 Å². The molecule has 2 aromatic rings.